The van der Waals surface area contributed by atoms with Crippen molar-refractivity contribution in [3.05, 3.63) is 122 Å². The lowest BCUT2D eigenvalue weighted by Gasteiger charge is -2.30. The highest BCUT2D eigenvalue weighted by Gasteiger charge is 2.48. The number of aromatic amines is 1. The Hall–Kier alpha value is -3.74. The summed E-state index contributed by atoms with van der Waals surface area (Å²) < 4.78 is 0. The van der Waals surface area contributed by atoms with Gasteiger partial charge in [0.15, 0.2) is 6.10 Å². The molecule has 0 unspecified atom stereocenters. The molecule has 1 saturated carbocycles. The minimum atomic E-state index is -1.33. The predicted octanol–water partition coefficient (Wildman–Crippen LogP) is 4.79. The first-order valence-corrected chi connectivity index (χ1v) is 12.8. The molecule has 7 heteroatoms. The number of H-pyrrole nitrogens is 1. The number of hydrogen-bond acceptors (Lipinski definition) is 4. The van der Waals surface area contributed by atoms with E-state index in [1.54, 1.807) is 24.3 Å². The predicted molar refractivity (Wildman–Crippen MR) is 142 cm³/mol. The number of rotatable bonds is 5. The summed E-state index contributed by atoms with van der Waals surface area (Å²) in [6, 6.07) is 25.4. The smallest absolute Gasteiger partial charge is 0.256 e. The normalized spacial score (nSPS) is 16.6. The second kappa shape index (κ2) is 9.29. The highest BCUT2D eigenvalue weighted by molar-refractivity contribution is 6.30. The van der Waals surface area contributed by atoms with Crippen molar-refractivity contribution in [3.63, 3.8) is 0 Å². The molecule has 1 aliphatic carbocycles. The van der Waals surface area contributed by atoms with Crippen LogP contribution in [0.3, 0.4) is 0 Å². The number of aliphatic hydroxyl groups excluding tert-OH is 1. The summed E-state index contributed by atoms with van der Waals surface area (Å²) in [7, 11) is 0. The zero-order chi connectivity index (χ0) is 25.6. The van der Waals surface area contributed by atoms with E-state index in [0.29, 0.717) is 34.9 Å². The summed E-state index contributed by atoms with van der Waals surface area (Å²) in [6.45, 7) is 0.505. The van der Waals surface area contributed by atoms with Crippen LogP contribution in [0.25, 0.3) is 11.1 Å². The maximum Gasteiger partial charge on any atom is 0.256 e. The Morgan fingerprint density at radius 3 is 2.43 bits per heavy atom. The Balaban J connectivity index is 1.23. The Kier molecular flexibility index (Phi) is 5.94. The number of carbonyl (C=O) groups is 1. The molecule has 2 aliphatic rings. The van der Waals surface area contributed by atoms with Crippen LogP contribution in [0.15, 0.2) is 83.7 Å². The van der Waals surface area contributed by atoms with Crippen LogP contribution in [0.4, 0.5) is 0 Å². The van der Waals surface area contributed by atoms with E-state index in [9.17, 15) is 14.7 Å². The van der Waals surface area contributed by atoms with Crippen molar-refractivity contribution < 1.29 is 9.90 Å². The lowest BCUT2D eigenvalue weighted by Crippen LogP contribution is -2.42. The molecule has 0 bridgehead atoms. The SMILES string of the molecule is O=C([C@H](O)c1cccc(Cl)c1)N1CCc2nc(C3(c4ccc(-c5ccccc5)cc4)CC3)[nH]c(=O)c2C1. The van der Waals surface area contributed by atoms with Gasteiger partial charge in [0.25, 0.3) is 11.5 Å². The number of hydrogen-bond donors (Lipinski definition) is 2. The van der Waals surface area contributed by atoms with Gasteiger partial charge in [-0.3, -0.25) is 9.59 Å². The molecule has 6 nitrogen and oxygen atoms in total. The van der Waals surface area contributed by atoms with Crippen molar-refractivity contribution in [1.29, 1.82) is 0 Å². The second-order valence-corrected chi connectivity index (χ2v) is 10.3. The van der Waals surface area contributed by atoms with Crippen molar-refractivity contribution in [2.75, 3.05) is 6.54 Å². The molecule has 1 amide bonds. The zero-order valence-corrected chi connectivity index (χ0v) is 20.9. The van der Waals surface area contributed by atoms with Crippen LogP contribution in [0.5, 0.6) is 0 Å². The molecule has 0 spiro atoms. The molecule has 3 aromatic carbocycles. The van der Waals surface area contributed by atoms with Crippen LogP contribution in [0.2, 0.25) is 5.02 Å². The van der Waals surface area contributed by atoms with Crippen LogP contribution in [-0.4, -0.2) is 32.4 Å². The van der Waals surface area contributed by atoms with E-state index in [-0.39, 0.29) is 17.5 Å². The number of benzene rings is 3. The maximum atomic E-state index is 13.2. The number of amides is 1. The molecule has 1 fully saturated rings. The summed E-state index contributed by atoms with van der Waals surface area (Å²) >= 11 is 6.01. The van der Waals surface area contributed by atoms with Crippen LogP contribution >= 0.6 is 11.6 Å². The van der Waals surface area contributed by atoms with E-state index >= 15 is 0 Å². The lowest BCUT2D eigenvalue weighted by atomic mass is 9.92. The summed E-state index contributed by atoms with van der Waals surface area (Å²) in [6.07, 6.45) is 0.981. The molecule has 4 aromatic rings. The van der Waals surface area contributed by atoms with E-state index in [1.165, 1.54) is 10.5 Å². The number of aromatic nitrogens is 2. The van der Waals surface area contributed by atoms with Gasteiger partial charge in [-0.1, -0.05) is 78.3 Å². The fourth-order valence-corrected chi connectivity index (χ4v) is 5.43. The number of nitrogens with zero attached hydrogens (tertiary/aromatic N) is 2. The Morgan fingerprint density at radius 2 is 1.73 bits per heavy atom. The second-order valence-electron chi connectivity index (χ2n) is 9.83. The van der Waals surface area contributed by atoms with Crippen molar-refractivity contribution in [2.45, 2.75) is 37.3 Å². The van der Waals surface area contributed by atoms with Crippen LogP contribution in [0, 0.1) is 0 Å². The van der Waals surface area contributed by atoms with Gasteiger partial charge in [-0.2, -0.15) is 0 Å². The first-order chi connectivity index (χ1) is 17.9. The fourth-order valence-electron chi connectivity index (χ4n) is 5.23. The number of aliphatic hydroxyl groups is 1. The zero-order valence-electron chi connectivity index (χ0n) is 20.2. The van der Waals surface area contributed by atoms with E-state index in [4.69, 9.17) is 16.6 Å². The molecule has 0 saturated heterocycles. The highest BCUT2D eigenvalue weighted by Crippen LogP contribution is 2.52. The van der Waals surface area contributed by atoms with Crippen molar-refractivity contribution in [2.24, 2.45) is 0 Å². The van der Waals surface area contributed by atoms with Gasteiger partial charge in [0.05, 0.1) is 23.2 Å². The van der Waals surface area contributed by atoms with E-state index < -0.39 is 12.0 Å². The first kappa shape index (κ1) is 23.6. The Labute approximate surface area is 219 Å². The average Bonchev–Trinajstić information content (AvgIpc) is 3.75. The lowest BCUT2D eigenvalue weighted by molar-refractivity contribution is -0.141. The third-order valence-electron chi connectivity index (χ3n) is 7.53. The third kappa shape index (κ3) is 4.37. The van der Waals surface area contributed by atoms with E-state index in [1.807, 2.05) is 18.2 Å². The Bertz CT molecular complexity index is 1530. The van der Waals surface area contributed by atoms with E-state index in [2.05, 4.69) is 41.4 Å². The van der Waals surface area contributed by atoms with Gasteiger partial charge < -0.3 is 15.0 Å². The van der Waals surface area contributed by atoms with Gasteiger partial charge >= 0.3 is 0 Å². The first-order valence-electron chi connectivity index (χ1n) is 12.5. The highest BCUT2D eigenvalue weighted by atomic mass is 35.5. The van der Waals surface area contributed by atoms with Gasteiger partial charge in [-0.25, -0.2) is 4.98 Å². The van der Waals surface area contributed by atoms with Gasteiger partial charge in [0, 0.05) is 18.0 Å². The molecule has 186 valence electrons. The molecule has 1 atom stereocenters. The van der Waals surface area contributed by atoms with E-state index in [0.717, 1.165) is 29.7 Å². The van der Waals surface area contributed by atoms with Gasteiger partial charge in [-0.15, -0.1) is 0 Å². The summed E-state index contributed by atoms with van der Waals surface area (Å²) in [5.41, 5.74) is 4.60. The van der Waals surface area contributed by atoms with Crippen molar-refractivity contribution in [3.8, 4) is 11.1 Å². The topological polar surface area (TPSA) is 86.3 Å². The van der Waals surface area contributed by atoms with Gasteiger partial charge in [-0.05, 0) is 47.2 Å². The molecule has 6 rings (SSSR count). The van der Waals surface area contributed by atoms with Crippen LogP contribution < -0.4 is 5.56 Å². The molecule has 0 radical (unpaired) electrons. The molecule has 1 aromatic heterocycles. The Morgan fingerprint density at radius 1 is 1.00 bits per heavy atom. The standard InChI is InChI=1S/C30H26ClN3O3/c31-23-8-4-7-21(17-23)26(35)28(37)34-16-13-25-24(18-34)27(36)33-29(32-25)30(14-15-30)22-11-9-20(10-12-22)19-5-2-1-3-6-19/h1-12,17,26,35H,13-16,18H2,(H,32,33,36)/t26-/m1/s1. The summed E-state index contributed by atoms with van der Waals surface area (Å²) in [5, 5.41) is 11.1. The van der Waals surface area contributed by atoms with Crippen LogP contribution in [0.1, 0.15) is 47.2 Å². The molecular weight excluding hydrogens is 486 g/mol. The molecule has 1 aliphatic heterocycles. The minimum absolute atomic E-state index is 0.118. The minimum Gasteiger partial charge on any atom is -0.378 e. The van der Waals surface area contributed by atoms with Crippen LogP contribution in [-0.2, 0) is 23.2 Å². The number of carbonyl (C=O) groups excluding carboxylic acids is 1. The van der Waals surface area contributed by atoms with Crippen molar-refractivity contribution >= 4 is 17.5 Å². The average molecular weight is 512 g/mol. The quantitative estimate of drug-likeness (QED) is 0.403. The molecule has 2 heterocycles. The maximum absolute atomic E-state index is 13.2. The van der Waals surface area contributed by atoms with Gasteiger partial charge in [0.1, 0.15) is 5.82 Å². The fraction of sp³-hybridized carbons (Fsp3) is 0.233. The molecule has 37 heavy (non-hydrogen) atoms. The van der Waals surface area contributed by atoms with Gasteiger partial charge in [0.2, 0.25) is 0 Å². The van der Waals surface area contributed by atoms with Crippen molar-refractivity contribution in [1.82, 2.24) is 14.9 Å². The number of nitrogens with one attached hydrogen (secondary N) is 1. The summed E-state index contributed by atoms with van der Waals surface area (Å²) in [5.74, 6) is 0.246. The molecule has 2 N–H and O–H groups in total. The largest absolute Gasteiger partial charge is 0.378 e. The molecular formula is C30H26ClN3O3. The number of fused-ring (bicyclic) bond motifs is 1. The monoisotopic (exact) mass is 511 g/mol. The third-order valence-corrected chi connectivity index (χ3v) is 7.76. The summed E-state index contributed by atoms with van der Waals surface area (Å²) in [4.78, 5) is 35.6. The number of halogens is 1.